The Hall–Kier alpha value is -0.180. The second-order valence-corrected chi connectivity index (χ2v) is 3.44. The number of alkyl halides is 2. The Labute approximate surface area is 66.0 Å². The number of hydrogen-bond donors (Lipinski definition) is 1. The van der Waals surface area contributed by atoms with Gasteiger partial charge in [0.15, 0.2) is 0 Å². The Morgan fingerprint density at radius 2 is 2.18 bits per heavy atom. The standard InChI is InChI=1S/C8H15F2N/c1-6-7(5-11)3-2-4-8(6,9)10/h6-7H,2-5,11H2,1H3. The Morgan fingerprint density at radius 1 is 1.55 bits per heavy atom. The highest BCUT2D eigenvalue weighted by Crippen LogP contribution is 2.40. The van der Waals surface area contributed by atoms with Crippen molar-refractivity contribution in [2.45, 2.75) is 32.1 Å². The zero-order valence-corrected chi connectivity index (χ0v) is 6.82. The van der Waals surface area contributed by atoms with Gasteiger partial charge in [0.1, 0.15) is 0 Å². The third-order valence-electron chi connectivity index (χ3n) is 2.76. The first-order valence-corrected chi connectivity index (χ1v) is 4.16. The molecule has 0 amide bonds. The molecule has 1 fully saturated rings. The van der Waals surface area contributed by atoms with Gasteiger partial charge in [-0.1, -0.05) is 6.92 Å². The normalized spacial score (nSPS) is 37.1. The summed E-state index contributed by atoms with van der Waals surface area (Å²) in [6.45, 7) is 2.01. The van der Waals surface area contributed by atoms with Crippen LogP contribution in [0.5, 0.6) is 0 Å². The molecule has 0 aliphatic heterocycles. The van der Waals surface area contributed by atoms with Crippen LogP contribution in [0.4, 0.5) is 8.78 Å². The molecule has 2 N–H and O–H groups in total. The van der Waals surface area contributed by atoms with Gasteiger partial charge < -0.3 is 5.73 Å². The van der Waals surface area contributed by atoms with Crippen LogP contribution in [0.15, 0.2) is 0 Å². The Morgan fingerprint density at radius 3 is 2.64 bits per heavy atom. The molecule has 1 aliphatic carbocycles. The van der Waals surface area contributed by atoms with Crippen LogP contribution in [-0.2, 0) is 0 Å². The molecule has 3 heteroatoms. The average molecular weight is 163 g/mol. The van der Waals surface area contributed by atoms with Crippen LogP contribution in [0.2, 0.25) is 0 Å². The van der Waals surface area contributed by atoms with Gasteiger partial charge in [0.05, 0.1) is 0 Å². The average Bonchev–Trinajstić information content (AvgIpc) is 1.95. The fourth-order valence-electron chi connectivity index (χ4n) is 1.74. The topological polar surface area (TPSA) is 26.0 Å². The maximum absolute atomic E-state index is 13.0. The summed E-state index contributed by atoms with van der Waals surface area (Å²) in [4.78, 5) is 0. The van der Waals surface area contributed by atoms with E-state index in [1.165, 1.54) is 0 Å². The maximum atomic E-state index is 13.0. The summed E-state index contributed by atoms with van der Waals surface area (Å²) in [5, 5.41) is 0. The third kappa shape index (κ3) is 1.70. The van der Waals surface area contributed by atoms with E-state index >= 15 is 0 Å². The molecule has 11 heavy (non-hydrogen) atoms. The van der Waals surface area contributed by atoms with Gasteiger partial charge in [-0.15, -0.1) is 0 Å². The van der Waals surface area contributed by atoms with Crippen molar-refractivity contribution in [1.82, 2.24) is 0 Å². The molecule has 0 aromatic heterocycles. The molecule has 0 spiro atoms. The summed E-state index contributed by atoms with van der Waals surface area (Å²) < 4.78 is 26.0. The lowest BCUT2D eigenvalue weighted by Gasteiger charge is -2.34. The van der Waals surface area contributed by atoms with Gasteiger partial charge in [-0.05, 0) is 25.3 Å². The zero-order chi connectivity index (χ0) is 8.48. The summed E-state index contributed by atoms with van der Waals surface area (Å²) in [5.41, 5.74) is 5.38. The van der Waals surface area contributed by atoms with E-state index in [1.807, 2.05) is 0 Å². The highest BCUT2D eigenvalue weighted by Gasteiger charge is 2.42. The van der Waals surface area contributed by atoms with Gasteiger partial charge in [-0.2, -0.15) is 0 Å². The van der Waals surface area contributed by atoms with Gasteiger partial charge in [0, 0.05) is 12.3 Å². The van der Waals surface area contributed by atoms with Crippen molar-refractivity contribution in [2.24, 2.45) is 17.6 Å². The lowest BCUT2D eigenvalue weighted by molar-refractivity contribution is -0.0998. The first-order valence-electron chi connectivity index (χ1n) is 4.16. The largest absolute Gasteiger partial charge is 0.330 e. The molecule has 1 rings (SSSR count). The van der Waals surface area contributed by atoms with Crippen molar-refractivity contribution in [1.29, 1.82) is 0 Å². The van der Waals surface area contributed by atoms with E-state index in [1.54, 1.807) is 6.92 Å². The molecule has 66 valence electrons. The zero-order valence-electron chi connectivity index (χ0n) is 6.82. The van der Waals surface area contributed by atoms with Gasteiger partial charge >= 0.3 is 0 Å². The van der Waals surface area contributed by atoms with Crippen LogP contribution in [0, 0.1) is 11.8 Å². The minimum Gasteiger partial charge on any atom is -0.330 e. The molecule has 2 atom stereocenters. The summed E-state index contributed by atoms with van der Waals surface area (Å²) in [6.07, 6.45) is 1.54. The predicted octanol–water partition coefficient (Wildman–Crippen LogP) is 2.02. The van der Waals surface area contributed by atoms with Crippen molar-refractivity contribution in [3.8, 4) is 0 Å². The van der Waals surface area contributed by atoms with Crippen molar-refractivity contribution < 1.29 is 8.78 Å². The van der Waals surface area contributed by atoms with Gasteiger partial charge in [0.2, 0.25) is 0 Å². The molecule has 1 aliphatic rings. The molecule has 2 unspecified atom stereocenters. The summed E-state index contributed by atoms with van der Waals surface area (Å²) in [7, 11) is 0. The van der Waals surface area contributed by atoms with Crippen LogP contribution in [0.25, 0.3) is 0 Å². The number of nitrogens with two attached hydrogens (primary N) is 1. The second kappa shape index (κ2) is 3.05. The fourth-order valence-corrected chi connectivity index (χ4v) is 1.74. The molecule has 0 heterocycles. The molecule has 0 radical (unpaired) electrons. The minimum absolute atomic E-state index is 0.0266. The lowest BCUT2D eigenvalue weighted by atomic mass is 9.78. The summed E-state index contributed by atoms with van der Waals surface area (Å²) in [5.74, 6) is -2.97. The van der Waals surface area contributed by atoms with Crippen LogP contribution >= 0.6 is 0 Å². The van der Waals surface area contributed by atoms with Gasteiger partial charge in [-0.3, -0.25) is 0 Å². The van der Waals surface area contributed by atoms with Crippen LogP contribution in [0.1, 0.15) is 26.2 Å². The van der Waals surface area contributed by atoms with E-state index in [0.717, 1.165) is 6.42 Å². The molecule has 1 saturated carbocycles. The van der Waals surface area contributed by atoms with Crippen LogP contribution in [0.3, 0.4) is 0 Å². The molecule has 0 saturated heterocycles. The van der Waals surface area contributed by atoms with Crippen molar-refractivity contribution in [3.05, 3.63) is 0 Å². The highest BCUT2D eigenvalue weighted by atomic mass is 19.3. The first kappa shape index (κ1) is 8.91. The Kier molecular flexibility index (Phi) is 2.47. The summed E-state index contributed by atoms with van der Waals surface area (Å²) in [6, 6.07) is 0. The quantitative estimate of drug-likeness (QED) is 0.628. The van der Waals surface area contributed by atoms with Crippen LogP contribution in [-0.4, -0.2) is 12.5 Å². The number of hydrogen-bond acceptors (Lipinski definition) is 1. The monoisotopic (exact) mass is 163 g/mol. The van der Waals surface area contributed by atoms with E-state index < -0.39 is 11.8 Å². The number of rotatable bonds is 1. The number of halogens is 2. The van der Waals surface area contributed by atoms with E-state index in [9.17, 15) is 8.78 Å². The van der Waals surface area contributed by atoms with E-state index in [4.69, 9.17) is 5.73 Å². The van der Waals surface area contributed by atoms with Crippen molar-refractivity contribution in [2.75, 3.05) is 6.54 Å². The van der Waals surface area contributed by atoms with Crippen molar-refractivity contribution in [3.63, 3.8) is 0 Å². The molecule has 0 bridgehead atoms. The fraction of sp³-hybridized carbons (Fsp3) is 1.00. The lowest BCUT2D eigenvalue weighted by Crippen LogP contribution is -2.39. The van der Waals surface area contributed by atoms with Crippen molar-refractivity contribution >= 4 is 0 Å². The van der Waals surface area contributed by atoms with E-state index in [-0.39, 0.29) is 12.3 Å². The molecule has 0 aromatic rings. The van der Waals surface area contributed by atoms with E-state index in [0.29, 0.717) is 13.0 Å². The van der Waals surface area contributed by atoms with E-state index in [2.05, 4.69) is 0 Å². The highest BCUT2D eigenvalue weighted by molar-refractivity contribution is 4.85. The second-order valence-electron chi connectivity index (χ2n) is 3.44. The maximum Gasteiger partial charge on any atom is 0.250 e. The smallest absolute Gasteiger partial charge is 0.250 e. The Bertz CT molecular complexity index is 136. The predicted molar refractivity (Wildman–Crippen MR) is 40.5 cm³/mol. The molecular formula is C8H15F2N. The van der Waals surface area contributed by atoms with Crippen LogP contribution < -0.4 is 5.73 Å². The summed E-state index contributed by atoms with van der Waals surface area (Å²) >= 11 is 0. The van der Waals surface area contributed by atoms with Gasteiger partial charge in [0.25, 0.3) is 5.92 Å². The van der Waals surface area contributed by atoms with Gasteiger partial charge in [-0.25, -0.2) is 8.78 Å². The molecule has 0 aromatic carbocycles. The molecular weight excluding hydrogens is 148 g/mol. The third-order valence-corrected chi connectivity index (χ3v) is 2.76. The minimum atomic E-state index is -2.47. The first-order chi connectivity index (χ1) is 5.08. The Balaban J connectivity index is 2.60. The molecule has 1 nitrogen and oxygen atoms in total. The SMILES string of the molecule is CC1C(CN)CCCC1(F)F.